The molecule has 0 aliphatic heterocycles. The topological polar surface area (TPSA) is 48.8 Å². The average Bonchev–Trinajstić information content (AvgIpc) is 2.63. The summed E-state index contributed by atoms with van der Waals surface area (Å²) in [6.07, 6.45) is 0. The highest BCUT2D eigenvalue weighted by Gasteiger charge is 2.10. The molecule has 4 heteroatoms. The van der Waals surface area contributed by atoms with Gasteiger partial charge in [0.25, 0.3) is 0 Å². The Morgan fingerprint density at radius 3 is 2.52 bits per heavy atom. The minimum atomic E-state index is -0.532. The van der Waals surface area contributed by atoms with Crippen LogP contribution in [0.4, 0.5) is 4.39 Å². The molecule has 3 rings (SSSR count). The molecule has 0 atom stereocenters. The second kappa shape index (κ2) is 7.81. The molecular weight excluding hydrogens is 313 g/mol. The van der Waals surface area contributed by atoms with Gasteiger partial charge in [-0.05, 0) is 24.6 Å². The molecule has 3 nitrogen and oxygen atoms in total. The van der Waals surface area contributed by atoms with Crippen molar-refractivity contribution in [3.63, 3.8) is 0 Å². The van der Waals surface area contributed by atoms with Gasteiger partial charge in [0.15, 0.2) is 0 Å². The van der Waals surface area contributed by atoms with E-state index in [9.17, 15) is 4.39 Å². The van der Waals surface area contributed by atoms with Gasteiger partial charge in [0.2, 0.25) is 5.95 Å². The van der Waals surface area contributed by atoms with Crippen molar-refractivity contribution in [3.8, 4) is 0 Å². The smallest absolute Gasteiger partial charge is 0.217 e. The third kappa shape index (κ3) is 4.37. The van der Waals surface area contributed by atoms with E-state index in [0.717, 1.165) is 16.7 Å². The lowest BCUT2D eigenvalue weighted by Gasteiger charge is -2.09. The highest BCUT2D eigenvalue weighted by atomic mass is 19.1. The van der Waals surface area contributed by atoms with Crippen molar-refractivity contribution < 1.29 is 4.39 Å². The number of hydrogen-bond acceptors (Lipinski definition) is 3. The fourth-order valence-electron chi connectivity index (χ4n) is 2.62. The number of hydrogen-bond donors (Lipinski definition) is 2. The van der Waals surface area contributed by atoms with Crippen molar-refractivity contribution in [2.24, 2.45) is 0 Å². The summed E-state index contributed by atoms with van der Waals surface area (Å²) in [6, 6.07) is 20.9. The minimum Gasteiger partial charge on any atom is -0.308 e. The van der Waals surface area contributed by atoms with Gasteiger partial charge in [-0.3, -0.25) is 5.41 Å². The second-order valence-electron chi connectivity index (χ2n) is 5.98. The largest absolute Gasteiger partial charge is 0.308 e. The predicted octanol–water partition coefficient (Wildman–Crippen LogP) is 4.24. The van der Waals surface area contributed by atoms with Gasteiger partial charge in [-0.15, -0.1) is 0 Å². The van der Waals surface area contributed by atoms with Crippen LogP contribution in [0.1, 0.15) is 27.9 Å². The molecule has 0 amide bonds. The van der Waals surface area contributed by atoms with Gasteiger partial charge in [-0.25, -0.2) is 4.98 Å². The van der Waals surface area contributed by atoms with E-state index in [0.29, 0.717) is 24.3 Å². The summed E-state index contributed by atoms with van der Waals surface area (Å²) in [5, 5.41) is 11.5. The first-order chi connectivity index (χ1) is 12.1. The van der Waals surface area contributed by atoms with E-state index in [1.165, 1.54) is 0 Å². The zero-order chi connectivity index (χ0) is 17.6. The molecule has 1 heterocycles. The number of benzene rings is 2. The Balaban J connectivity index is 1.67. The highest BCUT2D eigenvalue weighted by Crippen LogP contribution is 2.13. The molecule has 0 bridgehead atoms. The summed E-state index contributed by atoms with van der Waals surface area (Å²) in [4.78, 5) is 3.97. The molecule has 2 N–H and O–H groups in total. The van der Waals surface area contributed by atoms with E-state index in [1.807, 2.05) is 61.5 Å². The van der Waals surface area contributed by atoms with Crippen molar-refractivity contribution in [2.45, 2.75) is 20.0 Å². The van der Waals surface area contributed by atoms with E-state index in [4.69, 9.17) is 5.41 Å². The van der Waals surface area contributed by atoms with Crippen molar-refractivity contribution in [1.29, 1.82) is 5.41 Å². The van der Waals surface area contributed by atoms with Crippen LogP contribution in [-0.4, -0.2) is 10.7 Å². The Labute approximate surface area is 147 Å². The molecule has 0 saturated heterocycles. The maximum Gasteiger partial charge on any atom is 0.217 e. The number of rotatable bonds is 6. The van der Waals surface area contributed by atoms with Crippen LogP contribution >= 0.6 is 0 Å². The summed E-state index contributed by atoms with van der Waals surface area (Å²) in [7, 11) is 0. The summed E-state index contributed by atoms with van der Waals surface area (Å²) < 4.78 is 14.3. The molecule has 0 aliphatic rings. The number of aryl methyl sites for hydroxylation is 1. The van der Waals surface area contributed by atoms with E-state index in [2.05, 4.69) is 10.3 Å². The predicted molar refractivity (Wildman–Crippen MR) is 98.3 cm³/mol. The molecule has 0 unspecified atom stereocenters. The first kappa shape index (κ1) is 17.0. The molecule has 0 spiro atoms. The molecule has 126 valence electrons. The van der Waals surface area contributed by atoms with Crippen molar-refractivity contribution in [2.75, 3.05) is 0 Å². The lowest BCUT2D eigenvalue weighted by atomic mass is 10.0. The van der Waals surface area contributed by atoms with Crippen LogP contribution in [0.15, 0.2) is 66.7 Å². The number of pyridine rings is 1. The number of nitrogens with zero attached hydrogens (tertiary/aromatic N) is 1. The molecule has 0 radical (unpaired) electrons. The Morgan fingerprint density at radius 2 is 1.80 bits per heavy atom. The average molecular weight is 333 g/mol. The van der Waals surface area contributed by atoms with Gasteiger partial charge in [0, 0.05) is 24.2 Å². The van der Waals surface area contributed by atoms with Crippen LogP contribution in [-0.2, 0) is 13.1 Å². The molecule has 0 fully saturated rings. The maximum atomic E-state index is 14.3. The van der Waals surface area contributed by atoms with Crippen LogP contribution in [0.3, 0.4) is 0 Å². The van der Waals surface area contributed by atoms with Gasteiger partial charge >= 0.3 is 0 Å². The number of aromatic nitrogens is 1. The Bertz CT molecular complexity index is 875. The van der Waals surface area contributed by atoms with Gasteiger partial charge < -0.3 is 5.32 Å². The Kier molecular flexibility index (Phi) is 5.31. The lowest BCUT2D eigenvalue weighted by Crippen LogP contribution is -2.15. The third-order valence-electron chi connectivity index (χ3n) is 3.98. The van der Waals surface area contributed by atoms with Gasteiger partial charge in [0.1, 0.15) is 0 Å². The van der Waals surface area contributed by atoms with Crippen molar-refractivity contribution in [3.05, 3.63) is 101 Å². The molecule has 1 aromatic heterocycles. The molecule has 0 aliphatic carbocycles. The molecule has 25 heavy (non-hydrogen) atoms. The van der Waals surface area contributed by atoms with Crippen molar-refractivity contribution >= 4 is 5.71 Å². The monoisotopic (exact) mass is 333 g/mol. The fourth-order valence-corrected chi connectivity index (χ4v) is 2.62. The molecular formula is C21H20FN3. The molecule has 0 saturated carbocycles. The van der Waals surface area contributed by atoms with Crippen LogP contribution in [0.25, 0.3) is 0 Å². The lowest BCUT2D eigenvalue weighted by molar-refractivity contribution is 0.550. The quantitative estimate of drug-likeness (QED) is 0.524. The standard InChI is InChI=1S/C21H20FN3/c1-15-6-5-9-17(12-15)20(23)19-11-10-18(21(22)25-19)14-24-13-16-7-3-2-4-8-16/h2-12,23-24H,13-14H2,1H3. The van der Waals surface area contributed by atoms with Crippen molar-refractivity contribution in [1.82, 2.24) is 10.3 Å². The SMILES string of the molecule is Cc1cccc(C(=N)c2ccc(CNCc3ccccc3)c(F)n2)c1. The Morgan fingerprint density at radius 1 is 1.00 bits per heavy atom. The fraction of sp³-hybridized carbons (Fsp3) is 0.143. The van der Waals surface area contributed by atoms with Crippen LogP contribution in [0, 0.1) is 18.3 Å². The van der Waals surface area contributed by atoms with Crippen LogP contribution in [0.2, 0.25) is 0 Å². The zero-order valence-corrected chi connectivity index (χ0v) is 14.1. The first-order valence-corrected chi connectivity index (χ1v) is 8.19. The summed E-state index contributed by atoms with van der Waals surface area (Å²) in [5.41, 5.74) is 4.01. The van der Waals surface area contributed by atoms with E-state index in [-0.39, 0.29) is 5.71 Å². The molecule has 2 aromatic carbocycles. The van der Waals surface area contributed by atoms with Gasteiger partial charge in [0.05, 0.1) is 11.4 Å². The second-order valence-corrected chi connectivity index (χ2v) is 5.98. The van der Waals surface area contributed by atoms with Crippen LogP contribution < -0.4 is 5.32 Å². The maximum absolute atomic E-state index is 14.3. The summed E-state index contributed by atoms with van der Waals surface area (Å²) in [6.45, 7) is 3.03. The zero-order valence-electron chi connectivity index (χ0n) is 14.1. The van der Waals surface area contributed by atoms with E-state index in [1.54, 1.807) is 12.1 Å². The first-order valence-electron chi connectivity index (χ1n) is 8.19. The van der Waals surface area contributed by atoms with Gasteiger partial charge in [-0.2, -0.15) is 4.39 Å². The third-order valence-corrected chi connectivity index (χ3v) is 3.98. The summed E-state index contributed by atoms with van der Waals surface area (Å²) >= 11 is 0. The highest BCUT2D eigenvalue weighted by molar-refractivity contribution is 6.09. The van der Waals surface area contributed by atoms with E-state index >= 15 is 0 Å². The van der Waals surface area contributed by atoms with E-state index < -0.39 is 5.95 Å². The number of nitrogens with one attached hydrogen (secondary N) is 2. The van der Waals surface area contributed by atoms with Gasteiger partial charge in [-0.1, -0.05) is 60.2 Å². The Hall–Kier alpha value is -2.85. The number of halogens is 1. The normalized spacial score (nSPS) is 10.6. The molecule has 3 aromatic rings. The minimum absolute atomic E-state index is 0.228. The van der Waals surface area contributed by atoms with Crippen LogP contribution in [0.5, 0.6) is 0 Å². The summed E-state index contributed by atoms with van der Waals surface area (Å²) in [5.74, 6) is -0.532.